The van der Waals surface area contributed by atoms with Crippen molar-refractivity contribution in [1.82, 2.24) is 5.16 Å². The van der Waals surface area contributed by atoms with Gasteiger partial charge in [-0.3, -0.25) is 0 Å². The third kappa shape index (κ3) is 1.30. The van der Waals surface area contributed by atoms with Gasteiger partial charge in [0.2, 0.25) is 0 Å². The van der Waals surface area contributed by atoms with Gasteiger partial charge in [-0.15, -0.1) is 0 Å². The molecule has 4 heteroatoms. The van der Waals surface area contributed by atoms with Gasteiger partial charge in [0.25, 0.3) is 0 Å². The van der Waals surface area contributed by atoms with Gasteiger partial charge in [0, 0.05) is 6.07 Å². The van der Waals surface area contributed by atoms with E-state index in [-0.39, 0.29) is 11.3 Å². The van der Waals surface area contributed by atoms with Crippen molar-refractivity contribution in [3.8, 4) is 11.3 Å². The van der Waals surface area contributed by atoms with Crippen LogP contribution in [-0.4, -0.2) is 5.16 Å². The summed E-state index contributed by atoms with van der Waals surface area (Å²) >= 11 is 0. The van der Waals surface area contributed by atoms with Crippen molar-refractivity contribution in [3.05, 3.63) is 42.1 Å². The predicted molar refractivity (Wildman–Crippen MR) is 41.9 cm³/mol. The summed E-state index contributed by atoms with van der Waals surface area (Å²) in [4.78, 5) is 0. The number of halogens is 2. The van der Waals surface area contributed by atoms with Gasteiger partial charge in [0.15, 0.2) is 5.76 Å². The molecule has 2 nitrogen and oxygen atoms in total. The first-order valence-corrected chi connectivity index (χ1v) is 3.64. The van der Waals surface area contributed by atoms with Crippen LogP contribution in [-0.2, 0) is 0 Å². The molecular formula is C9H5F2NO. The summed E-state index contributed by atoms with van der Waals surface area (Å²) in [5.74, 6) is -1.22. The van der Waals surface area contributed by atoms with Gasteiger partial charge in [-0.2, -0.15) is 0 Å². The molecule has 0 aliphatic heterocycles. The van der Waals surface area contributed by atoms with Crippen LogP contribution in [0.3, 0.4) is 0 Å². The highest BCUT2D eigenvalue weighted by molar-refractivity contribution is 5.58. The molecule has 0 N–H and O–H groups in total. The minimum Gasteiger partial charge on any atom is -0.356 e. The zero-order valence-corrected chi connectivity index (χ0v) is 6.50. The SMILES string of the molecule is Fc1cccc(F)c1-c1ccno1. The minimum absolute atomic E-state index is 0.0931. The summed E-state index contributed by atoms with van der Waals surface area (Å²) in [7, 11) is 0. The van der Waals surface area contributed by atoms with Gasteiger partial charge in [-0.25, -0.2) is 8.78 Å². The van der Waals surface area contributed by atoms with Crippen LogP contribution in [0.15, 0.2) is 35.0 Å². The van der Waals surface area contributed by atoms with E-state index in [0.29, 0.717) is 0 Å². The fraction of sp³-hybridized carbons (Fsp3) is 0. The maximum absolute atomic E-state index is 13.1. The molecule has 0 fully saturated rings. The topological polar surface area (TPSA) is 26.0 Å². The summed E-state index contributed by atoms with van der Waals surface area (Å²) in [5.41, 5.74) is -0.181. The fourth-order valence-electron chi connectivity index (χ4n) is 1.08. The second kappa shape index (κ2) is 2.97. The molecule has 66 valence electrons. The lowest BCUT2D eigenvalue weighted by atomic mass is 10.1. The molecule has 13 heavy (non-hydrogen) atoms. The molecule has 0 saturated heterocycles. The Morgan fingerprint density at radius 3 is 2.31 bits per heavy atom. The van der Waals surface area contributed by atoms with E-state index < -0.39 is 11.6 Å². The minimum atomic E-state index is -0.656. The van der Waals surface area contributed by atoms with Crippen LogP contribution in [0.25, 0.3) is 11.3 Å². The molecule has 0 bridgehead atoms. The largest absolute Gasteiger partial charge is 0.356 e. The second-order valence-corrected chi connectivity index (χ2v) is 2.47. The molecule has 2 rings (SSSR count). The number of rotatable bonds is 1. The van der Waals surface area contributed by atoms with Crippen LogP contribution in [0.4, 0.5) is 8.78 Å². The predicted octanol–water partition coefficient (Wildman–Crippen LogP) is 2.62. The summed E-state index contributed by atoms with van der Waals surface area (Å²) in [6, 6.07) is 5.04. The van der Waals surface area contributed by atoms with Crippen molar-refractivity contribution >= 4 is 0 Å². The van der Waals surface area contributed by atoms with Crippen molar-refractivity contribution < 1.29 is 13.3 Å². The summed E-state index contributed by atoms with van der Waals surface area (Å²) in [6.45, 7) is 0. The molecule has 1 aromatic carbocycles. The molecule has 0 saturated carbocycles. The Hall–Kier alpha value is -1.71. The highest BCUT2D eigenvalue weighted by Gasteiger charge is 2.13. The molecule has 0 spiro atoms. The molecular weight excluding hydrogens is 176 g/mol. The Bertz CT molecular complexity index is 391. The normalized spacial score (nSPS) is 10.3. The van der Waals surface area contributed by atoms with Gasteiger partial charge < -0.3 is 4.52 Å². The number of nitrogens with zero attached hydrogens (tertiary/aromatic N) is 1. The van der Waals surface area contributed by atoms with Crippen molar-refractivity contribution in [2.45, 2.75) is 0 Å². The van der Waals surface area contributed by atoms with Gasteiger partial charge in [0.05, 0.1) is 11.8 Å². The Labute approximate surface area is 72.8 Å². The second-order valence-electron chi connectivity index (χ2n) is 2.47. The van der Waals surface area contributed by atoms with Crippen LogP contribution in [0.5, 0.6) is 0 Å². The zero-order valence-electron chi connectivity index (χ0n) is 6.50. The smallest absolute Gasteiger partial charge is 0.172 e. The number of benzene rings is 1. The van der Waals surface area contributed by atoms with E-state index >= 15 is 0 Å². The third-order valence-electron chi connectivity index (χ3n) is 1.65. The first-order chi connectivity index (χ1) is 6.29. The molecule has 0 amide bonds. The molecule has 0 aliphatic rings. The molecule has 0 atom stereocenters. The van der Waals surface area contributed by atoms with E-state index in [1.54, 1.807) is 0 Å². The van der Waals surface area contributed by atoms with E-state index in [1.807, 2.05) is 0 Å². The van der Waals surface area contributed by atoms with Crippen molar-refractivity contribution in [2.24, 2.45) is 0 Å². The molecule has 0 unspecified atom stereocenters. The summed E-state index contributed by atoms with van der Waals surface area (Å²) in [6.07, 6.45) is 1.33. The summed E-state index contributed by atoms with van der Waals surface area (Å²) in [5, 5.41) is 3.37. The van der Waals surface area contributed by atoms with Crippen molar-refractivity contribution in [3.63, 3.8) is 0 Å². The summed E-state index contributed by atoms with van der Waals surface area (Å²) < 4.78 is 30.8. The first-order valence-electron chi connectivity index (χ1n) is 3.64. The highest BCUT2D eigenvalue weighted by atomic mass is 19.1. The van der Waals surface area contributed by atoms with E-state index in [1.165, 1.54) is 30.5 Å². The van der Waals surface area contributed by atoms with Gasteiger partial charge in [0.1, 0.15) is 11.6 Å². The van der Waals surface area contributed by atoms with Gasteiger partial charge in [-0.05, 0) is 12.1 Å². The number of aromatic nitrogens is 1. The van der Waals surface area contributed by atoms with Crippen LogP contribution in [0, 0.1) is 11.6 Å². The van der Waals surface area contributed by atoms with Gasteiger partial charge >= 0.3 is 0 Å². The Balaban J connectivity index is 2.64. The molecule has 1 aromatic heterocycles. The maximum atomic E-state index is 13.1. The number of hydrogen-bond acceptors (Lipinski definition) is 2. The van der Waals surface area contributed by atoms with Crippen molar-refractivity contribution in [2.75, 3.05) is 0 Å². The van der Waals surface area contributed by atoms with Crippen molar-refractivity contribution in [1.29, 1.82) is 0 Å². The average molecular weight is 181 g/mol. The standard InChI is InChI=1S/C9H5F2NO/c10-6-2-1-3-7(11)9(6)8-4-5-12-13-8/h1-5H. The first kappa shape index (κ1) is 7.91. The van der Waals surface area contributed by atoms with Crippen LogP contribution < -0.4 is 0 Å². The molecule has 0 aliphatic carbocycles. The number of hydrogen-bond donors (Lipinski definition) is 0. The molecule has 0 radical (unpaired) electrons. The fourth-order valence-corrected chi connectivity index (χ4v) is 1.08. The van der Waals surface area contributed by atoms with E-state index in [2.05, 4.69) is 9.68 Å². The zero-order chi connectivity index (χ0) is 9.26. The lowest BCUT2D eigenvalue weighted by Gasteiger charge is -1.98. The van der Waals surface area contributed by atoms with E-state index in [4.69, 9.17) is 0 Å². The quantitative estimate of drug-likeness (QED) is 0.675. The Morgan fingerprint density at radius 1 is 1.08 bits per heavy atom. The van der Waals surface area contributed by atoms with E-state index in [9.17, 15) is 8.78 Å². The molecule has 1 heterocycles. The lowest BCUT2D eigenvalue weighted by molar-refractivity contribution is 0.426. The Kier molecular flexibility index (Phi) is 1.81. The monoisotopic (exact) mass is 181 g/mol. The lowest BCUT2D eigenvalue weighted by Crippen LogP contribution is -1.87. The van der Waals surface area contributed by atoms with Crippen LogP contribution >= 0.6 is 0 Å². The van der Waals surface area contributed by atoms with Crippen LogP contribution in [0.2, 0.25) is 0 Å². The Morgan fingerprint density at radius 2 is 1.77 bits per heavy atom. The van der Waals surface area contributed by atoms with Gasteiger partial charge in [-0.1, -0.05) is 11.2 Å². The van der Waals surface area contributed by atoms with E-state index in [0.717, 1.165) is 0 Å². The molecule has 2 aromatic rings. The average Bonchev–Trinajstić information content (AvgIpc) is 2.57. The maximum Gasteiger partial charge on any atom is 0.172 e. The highest BCUT2D eigenvalue weighted by Crippen LogP contribution is 2.24. The third-order valence-corrected chi connectivity index (χ3v) is 1.65. The van der Waals surface area contributed by atoms with Crippen LogP contribution in [0.1, 0.15) is 0 Å².